The van der Waals surface area contributed by atoms with Crippen molar-refractivity contribution < 1.29 is 8.42 Å². The van der Waals surface area contributed by atoms with Gasteiger partial charge >= 0.3 is 0 Å². The lowest BCUT2D eigenvalue weighted by Crippen LogP contribution is -2.27. The summed E-state index contributed by atoms with van der Waals surface area (Å²) in [6.07, 6.45) is 2.58. The summed E-state index contributed by atoms with van der Waals surface area (Å²) in [5.74, 6) is 0. The summed E-state index contributed by atoms with van der Waals surface area (Å²) in [5, 5.41) is 6.08. The van der Waals surface area contributed by atoms with Crippen LogP contribution in [-0.4, -0.2) is 18.6 Å². The van der Waals surface area contributed by atoms with Gasteiger partial charge in [0.15, 0.2) is 0 Å². The summed E-state index contributed by atoms with van der Waals surface area (Å²) in [5.41, 5.74) is 7.10. The monoisotopic (exact) mass is 266 g/mol. The fraction of sp³-hybridized carbons (Fsp3) is 0.182. The standard InChI is InChI=1S/C11H14N4O2S/c1-8(10-4-2-3-5-11(10)12)15-18(16,17)9-6-13-14-7-9/h2-8,15H,12H2,1H3,(H,13,14). The van der Waals surface area contributed by atoms with Crippen LogP contribution in [0.15, 0.2) is 41.6 Å². The fourth-order valence-corrected chi connectivity index (χ4v) is 2.78. The highest BCUT2D eigenvalue weighted by Gasteiger charge is 2.20. The Morgan fingerprint density at radius 1 is 1.39 bits per heavy atom. The number of aromatic nitrogens is 2. The molecule has 18 heavy (non-hydrogen) atoms. The summed E-state index contributed by atoms with van der Waals surface area (Å²) in [6, 6.07) is 6.73. The fourth-order valence-electron chi connectivity index (χ4n) is 1.66. The van der Waals surface area contributed by atoms with E-state index in [-0.39, 0.29) is 4.90 Å². The number of para-hydroxylation sites is 1. The molecule has 0 aliphatic heterocycles. The molecule has 1 aromatic heterocycles. The Morgan fingerprint density at radius 2 is 2.11 bits per heavy atom. The van der Waals surface area contributed by atoms with E-state index in [0.717, 1.165) is 5.56 Å². The van der Waals surface area contributed by atoms with Crippen molar-refractivity contribution in [1.82, 2.24) is 14.9 Å². The van der Waals surface area contributed by atoms with E-state index in [4.69, 9.17) is 5.73 Å². The first kappa shape index (κ1) is 12.6. The number of H-pyrrole nitrogens is 1. The summed E-state index contributed by atoms with van der Waals surface area (Å²) in [7, 11) is -3.58. The van der Waals surface area contributed by atoms with Crippen molar-refractivity contribution in [2.75, 3.05) is 5.73 Å². The third kappa shape index (κ3) is 2.52. The van der Waals surface area contributed by atoms with E-state index in [1.807, 2.05) is 6.07 Å². The van der Waals surface area contributed by atoms with E-state index in [1.165, 1.54) is 12.4 Å². The van der Waals surface area contributed by atoms with Crippen LogP contribution in [0.4, 0.5) is 5.69 Å². The first-order valence-corrected chi connectivity index (χ1v) is 6.84. The van der Waals surface area contributed by atoms with E-state index in [2.05, 4.69) is 14.9 Å². The molecule has 0 saturated heterocycles. The second kappa shape index (κ2) is 4.79. The Labute approximate surface area is 105 Å². The van der Waals surface area contributed by atoms with Gasteiger partial charge in [-0.15, -0.1) is 0 Å². The molecule has 1 aromatic carbocycles. The quantitative estimate of drug-likeness (QED) is 0.719. The lowest BCUT2D eigenvalue weighted by molar-refractivity contribution is 0.567. The van der Waals surface area contributed by atoms with Gasteiger partial charge < -0.3 is 5.73 Å². The third-order valence-corrected chi connectivity index (χ3v) is 4.09. The lowest BCUT2D eigenvalue weighted by atomic mass is 10.1. The van der Waals surface area contributed by atoms with Crippen molar-refractivity contribution in [3.05, 3.63) is 42.2 Å². The molecule has 4 N–H and O–H groups in total. The highest BCUT2D eigenvalue weighted by Crippen LogP contribution is 2.21. The molecule has 0 bridgehead atoms. The molecule has 1 heterocycles. The predicted octanol–water partition coefficient (Wildman–Crippen LogP) is 1.03. The van der Waals surface area contributed by atoms with Gasteiger partial charge in [-0.2, -0.15) is 5.10 Å². The number of rotatable bonds is 4. The number of benzene rings is 1. The number of aromatic amines is 1. The first-order chi connectivity index (χ1) is 8.50. The minimum absolute atomic E-state index is 0.101. The van der Waals surface area contributed by atoms with Crippen molar-refractivity contribution in [3.8, 4) is 0 Å². The summed E-state index contributed by atoms with van der Waals surface area (Å²) < 4.78 is 26.5. The Balaban J connectivity index is 2.23. The predicted molar refractivity (Wildman–Crippen MR) is 68.2 cm³/mol. The van der Waals surface area contributed by atoms with E-state index in [0.29, 0.717) is 5.69 Å². The van der Waals surface area contributed by atoms with E-state index in [9.17, 15) is 8.42 Å². The molecular formula is C11H14N4O2S. The number of anilines is 1. The van der Waals surface area contributed by atoms with Gasteiger partial charge in [0, 0.05) is 17.9 Å². The van der Waals surface area contributed by atoms with Gasteiger partial charge in [0.25, 0.3) is 0 Å². The lowest BCUT2D eigenvalue weighted by Gasteiger charge is -2.15. The van der Waals surface area contributed by atoms with Gasteiger partial charge in [0.05, 0.1) is 6.20 Å². The number of nitrogens with zero attached hydrogens (tertiary/aromatic N) is 1. The molecule has 1 atom stereocenters. The molecule has 2 rings (SSSR count). The van der Waals surface area contributed by atoms with Gasteiger partial charge in [0.1, 0.15) is 4.90 Å². The van der Waals surface area contributed by atoms with Gasteiger partial charge in [-0.3, -0.25) is 5.10 Å². The van der Waals surface area contributed by atoms with Crippen LogP contribution in [0.3, 0.4) is 0 Å². The van der Waals surface area contributed by atoms with Gasteiger partial charge in [-0.1, -0.05) is 18.2 Å². The van der Waals surface area contributed by atoms with Crippen LogP contribution in [0.1, 0.15) is 18.5 Å². The van der Waals surface area contributed by atoms with Crippen molar-refractivity contribution >= 4 is 15.7 Å². The SMILES string of the molecule is CC(NS(=O)(=O)c1cn[nH]c1)c1ccccc1N. The molecule has 0 radical (unpaired) electrons. The van der Waals surface area contributed by atoms with Gasteiger partial charge in [-0.05, 0) is 18.6 Å². The zero-order chi connectivity index (χ0) is 13.2. The van der Waals surface area contributed by atoms with Crippen LogP contribution in [0.5, 0.6) is 0 Å². The topological polar surface area (TPSA) is 101 Å². The van der Waals surface area contributed by atoms with Crippen LogP contribution in [0.25, 0.3) is 0 Å². The summed E-state index contributed by atoms with van der Waals surface area (Å²) in [4.78, 5) is 0.101. The maximum atomic E-state index is 12.0. The maximum absolute atomic E-state index is 12.0. The average molecular weight is 266 g/mol. The molecule has 1 unspecified atom stereocenters. The smallest absolute Gasteiger partial charge is 0.244 e. The second-order valence-corrected chi connectivity index (χ2v) is 5.62. The molecule has 6 nitrogen and oxygen atoms in total. The van der Waals surface area contributed by atoms with Crippen LogP contribution in [-0.2, 0) is 10.0 Å². The van der Waals surface area contributed by atoms with Crippen LogP contribution >= 0.6 is 0 Å². The summed E-state index contributed by atoms with van der Waals surface area (Å²) in [6.45, 7) is 1.74. The minimum Gasteiger partial charge on any atom is -0.398 e. The Kier molecular flexibility index (Phi) is 3.35. The van der Waals surface area contributed by atoms with Crippen LogP contribution in [0, 0.1) is 0 Å². The first-order valence-electron chi connectivity index (χ1n) is 5.36. The van der Waals surface area contributed by atoms with Gasteiger partial charge in [0.2, 0.25) is 10.0 Å². The largest absolute Gasteiger partial charge is 0.398 e. The van der Waals surface area contributed by atoms with Crippen molar-refractivity contribution in [3.63, 3.8) is 0 Å². The molecule has 0 fully saturated rings. The zero-order valence-electron chi connectivity index (χ0n) is 9.79. The second-order valence-electron chi connectivity index (χ2n) is 3.91. The zero-order valence-corrected chi connectivity index (χ0v) is 10.6. The third-order valence-electron chi connectivity index (χ3n) is 2.58. The van der Waals surface area contributed by atoms with Crippen LogP contribution < -0.4 is 10.5 Å². The average Bonchev–Trinajstić information content (AvgIpc) is 2.82. The number of nitrogens with one attached hydrogen (secondary N) is 2. The highest BCUT2D eigenvalue weighted by molar-refractivity contribution is 7.89. The van der Waals surface area contributed by atoms with E-state index < -0.39 is 16.1 Å². The minimum atomic E-state index is -3.58. The number of sulfonamides is 1. The molecule has 0 aliphatic rings. The number of nitrogens with two attached hydrogens (primary N) is 1. The molecule has 0 saturated carbocycles. The number of hydrogen-bond acceptors (Lipinski definition) is 4. The molecule has 0 aliphatic carbocycles. The normalized spacial score (nSPS) is 13.4. The van der Waals surface area contributed by atoms with Gasteiger partial charge in [-0.25, -0.2) is 13.1 Å². The molecule has 2 aromatic rings. The van der Waals surface area contributed by atoms with Crippen molar-refractivity contribution in [2.24, 2.45) is 0 Å². The Hall–Kier alpha value is -1.86. The van der Waals surface area contributed by atoms with E-state index >= 15 is 0 Å². The number of nitrogen functional groups attached to an aromatic ring is 1. The molecule has 0 spiro atoms. The number of hydrogen-bond donors (Lipinski definition) is 3. The highest BCUT2D eigenvalue weighted by atomic mass is 32.2. The van der Waals surface area contributed by atoms with Crippen molar-refractivity contribution in [2.45, 2.75) is 17.9 Å². The van der Waals surface area contributed by atoms with Crippen LogP contribution in [0.2, 0.25) is 0 Å². The Bertz CT molecular complexity index is 622. The maximum Gasteiger partial charge on any atom is 0.244 e. The summed E-state index contributed by atoms with van der Waals surface area (Å²) >= 11 is 0. The molecule has 7 heteroatoms. The molecular weight excluding hydrogens is 252 g/mol. The molecule has 96 valence electrons. The van der Waals surface area contributed by atoms with E-state index in [1.54, 1.807) is 25.1 Å². The van der Waals surface area contributed by atoms with Crippen molar-refractivity contribution in [1.29, 1.82) is 0 Å². The Morgan fingerprint density at radius 3 is 2.72 bits per heavy atom. The molecule has 0 amide bonds.